The summed E-state index contributed by atoms with van der Waals surface area (Å²) in [5.74, 6) is 1.40. The van der Waals surface area contributed by atoms with Crippen molar-refractivity contribution in [3.63, 3.8) is 0 Å². The first-order valence-corrected chi connectivity index (χ1v) is 9.90. The molecule has 2 fully saturated rings. The number of amides is 1. The lowest BCUT2D eigenvalue weighted by atomic mass is 9.78. The topological polar surface area (TPSA) is 79.3 Å². The number of nitrogens with zero attached hydrogens (tertiary/aromatic N) is 2. The highest BCUT2D eigenvalue weighted by atomic mass is 16.5. The Balaban J connectivity index is 1.76. The van der Waals surface area contributed by atoms with E-state index in [1.54, 1.807) is 0 Å². The molecule has 1 aromatic carbocycles. The number of anilines is 1. The highest BCUT2D eigenvalue weighted by molar-refractivity contribution is 5.95. The second-order valence-electron chi connectivity index (χ2n) is 7.65. The molecule has 1 aromatic rings. The van der Waals surface area contributed by atoms with Crippen LogP contribution in [0.5, 0.6) is 0 Å². The van der Waals surface area contributed by atoms with E-state index in [2.05, 4.69) is 12.1 Å². The molecule has 2 aliphatic heterocycles. The van der Waals surface area contributed by atoms with Gasteiger partial charge in [-0.1, -0.05) is 18.2 Å². The summed E-state index contributed by atoms with van der Waals surface area (Å²) >= 11 is 0. The van der Waals surface area contributed by atoms with Crippen LogP contribution in [-0.2, 0) is 9.53 Å². The van der Waals surface area contributed by atoms with Crippen molar-refractivity contribution in [1.82, 2.24) is 0 Å². The lowest BCUT2D eigenvalue weighted by molar-refractivity contribution is -0.117. The Bertz CT molecular complexity index is 943. The maximum atomic E-state index is 12.0. The van der Waals surface area contributed by atoms with E-state index < -0.39 is 0 Å². The van der Waals surface area contributed by atoms with Gasteiger partial charge in [-0.05, 0) is 62.3 Å². The highest BCUT2D eigenvalue weighted by Crippen LogP contribution is 2.49. The molecule has 5 heteroatoms. The molecule has 0 spiro atoms. The zero-order chi connectivity index (χ0) is 19.8. The van der Waals surface area contributed by atoms with Crippen LogP contribution in [0.15, 0.2) is 58.7 Å². The average molecular weight is 375 g/mol. The Morgan fingerprint density at radius 2 is 2.04 bits per heavy atom. The zero-order valence-corrected chi connectivity index (χ0v) is 16.4. The number of rotatable bonds is 4. The van der Waals surface area contributed by atoms with Crippen LogP contribution in [0.25, 0.3) is 0 Å². The predicted molar refractivity (Wildman–Crippen MR) is 108 cm³/mol. The number of nitriles is 1. The molecular formula is C23H25N3O2. The van der Waals surface area contributed by atoms with Gasteiger partial charge in [0.05, 0.1) is 5.92 Å². The first-order valence-electron chi connectivity index (χ1n) is 9.90. The molecular weight excluding hydrogens is 350 g/mol. The summed E-state index contributed by atoms with van der Waals surface area (Å²) in [6.07, 6.45) is 5.98. The lowest BCUT2D eigenvalue weighted by Crippen LogP contribution is -2.24. The number of benzene rings is 1. The quantitative estimate of drug-likeness (QED) is 0.853. The van der Waals surface area contributed by atoms with Crippen LogP contribution < -0.4 is 10.6 Å². The number of hydrogen-bond acceptors (Lipinski definition) is 4. The van der Waals surface area contributed by atoms with Crippen molar-refractivity contribution in [2.75, 3.05) is 11.4 Å². The fourth-order valence-electron chi connectivity index (χ4n) is 4.36. The van der Waals surface area contributed by atoms with Gasteiger partial charge in [-0.25, -0.2) is 0 Å². The van der Waals surface area contributed by atoms with Gasteiger partial charge >= 0.3 is 0 Å². The third kappa shape index (κ3) is 3.09. The van der Waals surface area contributed by atoms with E-state index in [9.17, 15) is 10.1 Å². The smallest absolute Gasteiger partial charge is 0.227 e. The Morgan fingerprint density at radius 1 is 1.32 bits per heavy atom. The van der Waals surface area contributed by atoms with E-state index in [1.165, 1.54) is 18.4 Å². The van der Waals surface area contributed by atoms with Crippen molar-refractivity contribution in [2.24, 2.45) is 11.7 Å². The van der Waals surface area contributed by atoms with Gasteiger partial charge in [0, 0.05) is 24.2 Å². The van der Waals surface area contributed by atoms with Crippen LogP contribution >= 0.6 is 0 Å². The van der Waals surface area contributed by atoms with E-state index >= 15 is 0 Å². The molecule has 1 atom stereocenters. The van der Waals surface area contributed by atoms with Gasteiger partial charge in [0.1, 0.15) is 17.4 Å². The van der Waals surface area contributed by atoms with E-state index in [-0.39, 0.29) is 17.7 Å². The summed E-state index contributed by atoms with van der Waals surface area (Å²) in [7, 11) is 0. The number of carbonyl (C=O) groups excluding carboxylic acids is 1. The molecule has 144 valence electrons. The molecule has 1 aliphatic carbocycles. The molecule has 28 heavy (non-hydrogen) atoms. The van der Waals surface area contributed by atoms with E-state index in [4.69, 9.17) is 10.5 Å². The van der Waals surface area contributed by atoms with Crippen molar-refractivity contribution in [2.45, 2.75) is 45.4 Å². The van der Waals surface area contributed by atoms with Crippen LogP contribution in [-0.4, -0.2) is 12.5 Å². The first-order chi connectivity index (χ1) is 13.5. The van der Waals surface area contributed by atoms with E-state index in [1.807, 2.05) is 43.0 Å². The maximum Gasteiger partial charge on any atom is 0.227 e. The van der Waals surface area contributed by atoms with Crippen LogP contribution in [0.2, 0.25) is 0 Å². The maximum absolute atomic E-state index is 12.0. The Hall–Kier alpha value is -3.00. The van der Waals surface area contributed by atoms with Gasteiger partial charge in [0.15, 0.2) is 0 Å². The van der Waals surface area contributed by atoms with Gasteiger partial charge in [-0.15, -0.1) is 0 Å². The minimum Gasteiger partial charge on any atom is -0.445 e. The second kappa shape index (κ2) is 7.20. The summed E-state index contributed by atoms with van der Waals surface area (Å²) in [4.78, 5) is 13.9. The van der Waals surface area contributed by atoms with Crippen molar-refractivity contribution in [3.8, 4) is 6.07 Å². The highest BCUT2D eigenvalue weighted by Gasteiger charge is 2.38. The third-order valence-corrected chi connectivity index (χ3v) is 5.86. The van der Waals surface area contributed by atoms with E-state index in [0.717, 1.165) is 35.5 Å². The minimum atomic E-state index is -0.242. The number of ether oxygens (including phenoxy) is 1. The molecule has 1 amide bonds. The fraction of sp³-hybridized carbons (Fsp3) is 0.391. The number of allylic oxidation sites excluding steroid dienone is 5. The molecule has 2 N–H and O–H groups in total. The van der Waals surface area contributed by atoms with Crippen molar-refractivity contribution < 1.29 is 9.53 Å². The Morgan fingerprint density at radius 3 is 2.57 bits per heavy atom. The van der Waals surface area contributed by atoms with Crippen LogP contribution in [0.4, 0.5) is 5.69 Å². The van der Waals surface area contributed by atoms with E-state index in [0.29, 0.717) is 17.9 Å². The molecule has 0 aromatic heterocycles. The minimum absolute atomic E-state index is 0.169. The molecule has 3 aliphatic rings. The van der Waals surface area contributed by atoms with Crippen molar-refractivity contribution in [3.05, 3.63) is 64.3 Å². The van der Waals surface area contributed by atoms with Gasteiger partial charge < -0.3 is 15.4 Å². The predicted octanol–water partition coefficient (Wildman–Crippen LogP) is 4.25. The normalized spacial score (nSPS) is 23.2. The largest absolute Gasteiger partial charge is 0.445 e. The number of carbonyl (C=O) groups is 1. The Labute approximate surface area is 165 Å². The van der Waals surface area contributed by atoms with Crippen molar-refractivity contribution >= 4 is 11.6 Å². The molecule has 0 bridgehead atoms. The summed E-state index contributed by atoms with van der Waals surface area (Å²) in [5, 5.41) is 9.81. The summed E-state index contributed by atoms with van der Waals surface area (Å²) in [6.45, 7) is 4.73. The van der Waals surface area contributed by atoms with Crippen LogP contribution in [0.1, 0.15) is 51.0 Å². The van der Waals surface area contributed by atoms with Gasteiger partial charge in [-0.2, -0.15) is 5.26 Å². The average Bonchev–Trinajstić information content (AvgIpc) is 3.44. The first kappa shape index (κ1) is 18.4. The summed E-state index contributed by atoms with van der Waals surface area (Å²) < 4.78 is 5.75. The molecule has 1 saturated heterocycles. The number of hydrogen-bond donors (Lipinski definition) is 1. The fourth-order valence-corrected chi connectivity index (χ4v) is 4.36. The Kier molecular flexibility index (Phi) is 4.72. The monoisotopic (exact) mass is 375 g/mol. The molecule has 5 nitrogen and oxygen atoms in total. The van der Waals surface area contributed by atoms with Gasteiger partial charge in [0.25, 0.3) is 0 Å². The molecule has 4 rings (SSSR count). The van der Waals surface area contributed by atoms with Crippen molar-refractivity contribution in [1.29, 1.82) is 5.26 Å². The summed E-state index contributed by atoms with van der Waals surface area (Å²) in [5.41, 5.74) is 10.7. The molecule has 1 saturated carbocycles. The lowest BCUT2D eigenvalue weighted by Gasteiger charge is -2.30. The van der Waals surface area contributed by atoms with Crippen LogP contribution in [0, 0.1) is 17.2 Å². The molecule has 2 heterocycles. The van der Waals surface area contributed by atoms with Gasteiger partial charge in [0.2, 0.25) is 11.8 Å². The SMILES string of the molecule is C/C=C(\C1=C(C)OC(N)=C(C#N)C1c1ccc(N2CCCC2=O)cc1)C1CC1. The zero-order valence-electron chi connectivity index (χ0n) is 16.4. The number of nitrogens with two attached hydrogens (primary N) is 1. The molecule has 0 radical (unpaired) electrons. The second-order valence-corrected chi connectivity index (χ2v) is 7.65. The summed E-state index contributed by atoms with van der Waals surface area (Å²) in [6, 6.07) is 10.2. The van der Waals surface area contributed by atoms with Crippen LogP contribution in [0.3, 0.4) is 0 Å². The molecule has 1 unspecified atom stereocenters. The van der Waals surface area contributed by atoms with Gasteiger partial charge in [-0.3, -0.25) is 4.79 Å². The standard InChI is InChI=1S/C23H25N3O2/c1-3-18(15-6-7-15)21-14(2)28-23(25)19(13-24)22(21)16-8-10-17(11-9-16)26-12-4-5-20(26)27/h3,8-11,15,22H,4-7,12,25H2,1-2H3/b18-3-. The third-order valence-electron chi connectivity index (χ3n) is 5.86.